The van der Waals surface area contributed by atoms with E-state index >= 15 is 0 Å². The molecular formula is C22H28N4O2S. The molecule has 4 heterocycles. The number of thiophene rings is 1. The van der Waals surface area contributed by atoms with E-state index in [9.17, 15) is 9.59 Å². The number of rotatable bonds is 4. The predicted octanol–water partition coefficient (Wildman–Crippen LogP) is 3.10. The van der Waals surface area contributed by atoms with Crippen LogP contribution in [-0.4, -0.2) is 38.8 Å². The van der Waals surface area contributed by atoms with Gasteiger partial charge in [-0.15, -0.1) is 11.3 Å². The molecule has 0 radical (unpaired) electrons. The first-order valence-corrected chi connectivity index (χ1v) is 11.7. The quantitative estimate of drug-likeness (QED) is 0.838. The van der Waals surface area contributed by atoms with Crippen molar-refractivity contribution in [2.45, 2.75) is 58.2 Å². The molecule has 1 saturated carbocycles. The first-order valence-electron chi connectivity index (χ1n) is 10.8. The smallest absolute Gasteiger partial charge is 0.254 e. The molecule has 2 aromatic rings. The van der Waals surface area contributed by atoms with Crippen LogP contribution >= 0.6 is 11.3 Å². The maximum Gasteiger partial charge on any atom is 0.254 e. The number of H-pyrrole nitrogens is 1. The number of nitrogens with one attached hydrogen (secondary N) is 1. The average molecular weight is 413 g/mol. The third kappa shape index (κ3) is 3.78. The topological polar surface area (TPSA) is 69.3 Å². The van der Waals surface area contributed by atoms with E-state index in [0.717, 1.165) is 63.0 Å². The molecule has 5 rings (SSSR count). The normalized spacial score (nSPS) is 26.9. The van der Waals surface area contributed by atoms with Crippen LogP contribution in [0.15, 0.2) is 22.3 Å². The Morgan fingerprint density at radius 2 is 2.21 bits per heavy atom. The zero-order valence-corrected chi connectivity index (χ0v) is 17.7. The monoisotopic (exact) mass is 412 g/mol. The molecule has 0 unspecified atom stereocenters. The van der Waals surface area contributed by atoms with Gasteiger partial charge in [-0.2, -0.15) is 0 Å². The summed E-state index contributed by atoms with van der Waals surface area (Å²) in [7, 11) is 0. The SMILES string of the molecule is C[C@@H]1C[C@H]1C(=O)N1CCCC[C@@H]1c1nc2c(c(=O)[nH]1)CCN(Cc1cccs1)C2. The molecule has 0 spiro atoms. The number of nitrogens with zero attached hydrogens (tertiary/aromatic N) is 3. The Labute approximate surface area is 175 Å². The van der Waals surface area contributed by atoms with Gasteiger partial charge in [0.1, 0.15) is 5.82 Å². The highest BCUT2D eigenvalue weighted by Crippen LogP contribution is 2.42. The summed E-state index contributed by atoms with van der Waals surface area (Å²) < 4.78 is 0. The highest BCUT2D eigenvalue weighted by molar-refractivity contribution is 7.09. The van der Waals surface area contributed by atoms with E-state index in [1.165, 1.54) is 4.88 Å². The summed E-state index contributed by atoms with van der Waals surface area (Å²) in [5.41, 5.74) is 1.70. The predicted molar refractivity (Wildman–Crippen MR) is 113 cm³/mol. The largest absolute Gasteiger partial charge is 0.332 e. The van der Waals surface area contributed by atoms with Gasteiger partial charge in [0.2, 0.25) is 5.91 Å². The minimum atomic E-state index is -0.0882. The van der Waals surface area contributed by atoms with E-state index in [4.69, 9.17) is 4.98 Å². The van der Waals surface area contributed by atoms with Crippen molar-refractivity contribution in [2.24, 2.45) is 11.8 Å². The van der Waals surface area contributed by atoms with Gasteiger partial charge >= 0.3 is 0 Å². The van der Waals surface area contributed by atoms with Crippen molar-refractivity contribution < 1.29 is 4.79 Å². The van der Waals surface area contributed by atoms with Crippen LogP contribution in [0.3, 0.4) is 0 Å². The molecule has 2 fully saturated rings. The Morgan fingerprint density at radius 3 is 2.97 bits per heavy atom. The van der Waals surface area contributed by atoms with Crippen LogP contribution < -0.4 is 5.56 Å². The van der Waals surface area contributed by atoms with E-state index in [2.05, 4.69) is 34.3 Å². The Morgan fingerprint density at radius 1 is 1.34 bits per heavy atom. The highest BCUT2D eigenvalue weighted by Gasteiger charge is 2.44. The van der Waals surface area contributed by atoms with E-state index in [1.54, 1.807) is 11.3 Å². The van der Waals surface area contributed by atoms with Crippen molar-refractivity contribution in [3.05, 3.63) is 49.8 Å². The molecule has 3 aliphatic rings. The minimum Gasteiger partial charge on any atom is -0.332 e. The fraction of sp³-hybridized carbons (Fsp3) is 0.591. The summed E-state index contributed by atoms with van der Waals surface area (Å²) in [6.45, 7) is 5.39. The molecule has 154 valence electrons. The number of likely N-dealkylation sites (tertiary alicyclic amines) is 1. The number of hydrogen-bond donors (Lipinski definition) is 1. The van der Waals surface area contributed by atoms with Crippen molar-refractivity contribution in [1.29, 1.82) is 0 Å². The van der Waals surface area contributed by atoms with Crippen molar-refractivity contribution in [3.63, 3.8) is 0 Å². The van der Waals surface area contributed by atoms with Gasteiger partial charge in [0.15, 0.2) is 0 Å². The van der Waals surface area contributed by atoms with Gasteiger partial charge in [-0.3, -0.25) is 14.5 Å². The molecule has 1 aliphatic carbocycles. The Bertz CT molecular complexity index is 954. The van der Waals surface area contributed by atoms with Crippen LogP contribution in [0.25, 0.3) is 0 Å². The first kappa shape index (κ1) is 19.0. The Hall–Kier alpha value is -1.99. The van der Waals surface area contributed by atoms with Crippen molar-refractivity contribution in [1.82, 2.24) is 19.8 Å². The van der Waals surface area contributed by atoms with E-state index in [0.29, 0.717) is 18.3 Å². The lowest BCUT2D eigenvalue weighted by Gasteiger charge is -2.36. The molecule has 7 heteroatoms. The summed E-state index contributed by atoms with van der Waals surface area (Å²) >= 11 is 1.76. The molecule has 2 aliphatic heterocycles. The fourth-order valence-corrected chi connectivity index (χ4v) is 5.53. The van der Waals surface area contributed by atoms with Gasteiger partial charge in [0.05, 0.1) is 11.7 Å². The molecule has 3 atom stereocenters. The highest BCUT2D eigenvalue weighted by atomic mass is 32.1. The number of carbonyl (C=O) groups excluding carboxylic acids is 1. The van der Waals surface area contributed by atoms with Gasteiger partial charge in [-0.05, 0) is 49.5 Å². The summed E-state index contributed by atoms with van der Waals surface area (Å²) in [4.78, 5) is 39.4. The zero-order chi connectivity index (χ0) is 20.0. The van der Waals surface area contributed by atoms with E-state index in [-0.39, 0.29) is 23.4 Å². The number of amides is 1. The van der Waals surface area contributed by atoms with Gasteiger partial charge in [0.25, 0.3) is 5.56 Å². The number of fused-ring (bicyclic) bond motifs is 1. The molecule has 1 saturated heterocycles. The molecule has 0 bridgehead atoms. The van der Waals surface area contributed by atoms with Gasteiger partial charge in [0, 0.05) is 42.5 Å². The van der Waals surface area contributed by atoms with Crippen LogP contribution in [0.2, 0.25) is 0 Å². The lowest BCUT2D eigenvalue weighted by Crippen LogP contribution is -2.42. The number of piperidine rings is 1. The first-order chi connectivity index (χ1) is 14.1. The fourth-order valence-electron chi connectivity index (χ4n) is 4.79. The summed E-state index contributed by atoms with van der Waals surface area (Å²) in [5.74, 6) is 1.60. The maximum atomic E-state index is 13.0. The second-order valence-electron chi connectivity index (χ2n) is 8.78. The van der Waals surface area contributed by atoms with Crippen LogP contribution in [0, 0.1) is 11.8 Å². The van der Waals surface area contributed by atoms with Crippen molar-refractivity contribution >= 4 is 17.2 Å². The molecule has 1 amide bonds. The third-order valence-electron chi connectivity index (χ3n) is 6.66. The van der Waals surface area contributed by atoms with E-state index < -0.39 is 0 Å². The summed E-state index contributed by atoms with van der Waals surface area (Å²) in [5, 5.41) is 2.10. The van der Waals surface area contributed by atoms with Gasteiger partial charge in [-0.1, -0.05) is 13.0 Å². The Balaban J connectivity index is 1.40. The standard InChI is InChI=1S/C22H28N4O2S/c1-14-11-17(14)22(28)26-8-3-2-6-19(26)20-23-18-13-25(12-15-5-4-10-29-15)9-7-16(18)21(27)24-20/h4-5,10,14,17,19H,2-3,6-9,11-13H2,1H3,(H,23,24,27)/t14-,17-,19-/m1/s1. The van der Waals surface area contributed by atoms with Crippen LogP contribution in [0.4, 0.5) is 0 Å². The number of aromatic nitrogens is 2. The molecule has 0 aromatic carbocycles. The third-order valence-corrected chi connectivity index (χ3v) is 7.52. The van der Waals surface area contributed by atoms with E-state index in [1.807, 2.05) is 4.90 Å². The lowest BCUT2D eigenvalue weighted by atomic mass is 9.99. The molecule has 29 heavy (non-hydrogen) atoms. The Kier molecular flexibility index (Phi) is 5.04. The second kappa shape index (κ2) is 7.69. The summed E-state index contributed by atoms with van der Waals surface area (Å²) in [6, 6.07) is 4.14. The number of carbonyl (C=O) groups is 1. The van der Waals surface area contributed by atoms with Crippen LogP contribution in [0.1, 0.15) is 60.6 Å². The molecule has 6 nitrogen and oxygen atoms in total. The van der Waals surface area contributed by atoms with Gasteiger partial charge < -0.3 is 9.88 Å². The lowest BCUT2D eigenvalue weighted by molar-refractivity contribution is -0.137. The van der Waals surface area contributed by atoms with Crippen molar-refractivity contribution in [3.8, 4) is 0 Å². The molecule has 2 aromatic heterocycles. The number of aromatic amines is 1. The molecule has 1 N–H and O–H groups in total. The van der Waals surface area contributed by atoms with Crippen LogP contribution in [0.5, 0.6) is 0 Å². The second-order valence-corrected chi connectivity index (χ2v) is 9.81. The number of hydrogen-bond acceptors (Lipinski definition) is 5. The zero-order valence-electron chi connectivity index (χ0n) is 16.9. The van der Waals surface area contributed by atoms with Crippen LogP contribution in [-0.2, 0) is 24.3 Å². The maximum absolute atomic E-state index is 13.0. The summed E-state index contributed by atoms with van der Waals surface area (Å²) in [6.07, 6.45) is 4.71. The van der Waals surface area contributed by atoms with Gasteiger partial charge in [-0.25, -0.2) is 4.98 Å². The van der Waals surface area contributed by atoms with Crippen molar-refractivity contribution in [2.75, 3.05) is 13.1 Å². The minimum absolute atomic E-state index is 0.0152. The average Bonchev–Trinajstić information content (AvgIpc) is 3.23. The molecular weight excluding hydrogens is 384 g/mol.